The lowest BCUT2D eigenvalue weighted by Gasteiger charge is -2.05. The molecule has 0 aliphatic carbocycles. The molecule has 0 radical (unpaired) electrons. The fraction of sp³-hybridized carbons (Fsp3) is 0.222. The van der Waals surface area contributed by atoms with Gasteiger partial charge in [0.05, 0.1) is 13.0 Å². The summed E-state index contributed by atoms with van der Waals surface area (Å²) in [5, 5.41) is 0. The fourth-order valence-corrected chi connectivity index (χ4v) is 0.900. The Hall–Kier alpha value is -1.66. The SMILES string of the molecule is NNOC(=O)CCOc1ccc(F)cc1. The minimum atomic E-state index is -0.528. The van der Waals surface area contributed by atoms with Gasteiger partial charge in [-0.2, -0.15) is 0 Å². The molecule has 0 amide bonds. The van der Waals surface area contributed by atoms with Gasteiger partial charge >= 0.3 is 5.97 Å². The van der Waals surface area contributed by atoms with Crippen molar-refractivity contribution in [2.24, 2.45) is 5.84 Å². The summed E-state index contributed by atoms with van der Waals surface area (Å²) in [6.07, 6.45) is 0.0571. The molecule has 3 N–H and O–H groups in total. The Morgan fingerprint density at radius 1 is 1.40 bits per heavy atom. The summed E-state index contributed by atoms with van der Waals surface area (Å²) < 4.78 is 17.6. The monoisotopic (exact) mass is 214 g/mol. The molecule has 0 heterocycles. The van der Waals surface area contributed by atoms with Crippen molar-refractivity contribution in [2.75, 3.05) is 6.61 Å². The summed E-state index contributed by atoms with van der Waals surface area (Å²) in [7, 11) is 0. The van der Waals surface area contributed by atoms with Crippen molar-refractivity contribution in [3.05, 3.63) is 30.1 Å². The smallest absolute Gasteiger partial charge is 0.329 e. The molecular formula is C9H11FN2O3. The van der Waals surface area contributed by atoms with Gasteiger partial charge in [0.1, 0.15) is 11.6 Å². The van der Waals surface area contributed by atoms with Crippen LogP contribution in [0.5, 0.6) is 5.75 Å². The van der Waals surface area contributed by atoms with Crippen LogP contribution in [0.15, 0.2) is 24.3 Å². The molecule has 6 heteroatoms. The zero-order valence-electron chi connectivity index (χ0n) is 7.90. The third kappa shape index (κ3) is 4.39. The third-order valence-electron chi connectivity index (χ3n) is 1.56. The van der Waals surface area contributed by atoms with Gasteiger partial charge in [0, 0.05) is 0 Å². The van der Waals surface area contributed by atoms with Gasteiger partial charge in [-0.15, -0.1) is 0 Å². The zero-order chi connectivity index (χ0) is 11.1. The number of hydrogen-bond acceptors (Lipinski definition) is 5. The van der Waals surface area contributed by atoms with Crippen molar-refractivity contribution in [1.29, 1.82) is 0 Å². The number of hydrazine groups is 1. The molecule has 1 rings (SSSR count). The first kappa shape index (κ1) is 11.4. The average molecular weight is 214 g/mol. The number of nitrogens with two attached hydrogens (primary N) is 1. The number of nitrogens with one attached hydrogen (secondary N) is 1. The number of benzene rings is 1. The first-order chi connectivity index (χ1) is 7.22. The largest absolute Gasteiger partial charge is 0.493 e. The predicted octanol–water partition coefficient (Wildman–Crippen LogP) is 0.516. The number of ether oxygens (including phenoxy) is 1. The number of hydrogen-bond donors (Lipinski definition) is 2. The van der Waals surface area contributed by atoms with Crippen LogP contribution in [-0.2, 0) is 9.63 Å². The third-order valence-corrected chi connectivity index (χ3v) is 1.56. The minimum absolute atomic E-state index is 0.0571. The summed E-state index contributed by atoms with van der Waals surface area (Å²) in [5.74, 6) is 4.38. The van der Waals surface area contributed by atoms with Crippen LogP contribution >= 0.6 is 0 Å². The molecule has 0 saturated carbocycles. The van der Waals surface area contributed by atoms with Crippen LogP contribution in [0.4, 0.5) is 4.39 Å². The second-order valence-corrected chi connectivity index (χ2v) is 2.64. The molecule has 0 atom stereocenters. The van der Waals surface area contributed by atoms with E-state index in [9.17, 15) is 9.18 Å². The molecule has 82 valence electrons. The maximum Gasteiger partial charge on any atom is 0.329 e. The van der Waals surface area contributed by atoms with Crippen molar-refractivity contribution in [1.82, 2.24) is 5.59 Å². The van der Waals surface area contributed by atoms with E-state index in [2.05, 4.69) is 4.84 Å². The summed E-state index contributed by atoms with van der Waals surface area (Å²) in [5.41, 5.74) is 1.77. The molecule has 0 aliphatic rings. The fourth-order valence-electron chi connectivity index (χ4n) is 0.900. The maximum atomic E-state index is 12.5. The van der Waals surface area contributed by atoms with E-state index in [-0.39, 0.29) is 18.8 Å². The van der Waals surface area contributed by atoms with Crippen LogP contribution < -0.4 is 16.2 Å². The van der Waals surface area contributed by atoms with E-state index in [1.165, 1.54) is 24.3 Å². The summed E-state index contributed by atoms with van der Waals surface area (Å²) in [4.78, 5) is 15.0. The molecule has 0 aromatic heterocycles. The van der Waals surface area contributed by atoms with Gasteiger partial charge in [-0.3, -0.25) is 4.79 Å². The first-order valence-electron chi connectivity index (χ1n) is 4.26. The molecule has 0 unspecified atom stereocenters. The number of halogens is 1. The van der Waals surface area contributed by atoms with Gasteiger partial charge < -0.3 is 9.57 Å². The maximum absolute atomic E-state index is 12.5. The van der Waals surface area contributed by atoms with E-state index < -0.39 is 5.97 Å². The molecule has 0 saturated heterocycles. The second-order valence-electron chi connectivity index (χ2n) is 2.64. The van der Waals surface area contributed by atoms with Crippen molar-refractivity contribution in [2.45, 2.75) is 6.42 Å². The second kappa shape index (κ2) is 5.94. The first-order valence-corrected chi connectivity index (χ1v) is 4.26. The number of rotatable bonds is 5. The quantitative estimate of drug-likeness (QED) is 0.552. The van der Waals surface area contributed by atoms with E-state index >= 15 is 0 Å². The van der Waals surface area contributed by atoms with Crippen LogP contribution in [-0.4, -0.2) is 12.6 Å². The zero-order valence-corrected chi connectivity index (χ0v) is 7.90. The standard InChI is InChI=1S/C9H11FN2O3/c10-7-1-3-8(4-2-7)14-6-5-9(13)15-12-11/h1-4,12H,5-6,11H2. The molecule has 0 aliphatic heterocycles. The summed E-state index contributed by atoms with van der Waals surface area (Å²) in [6.45, 7) is 0.145. The number of carbonyl (C=O) groups is 1. The Labute approximate surface area is 85.9 Å². The molecule has 5 nitrogen and oxygen atoms in total. The summed E-state index contributed by atoms with van der Waals surface area (Å²) in [6, 6.07) is 5.49. The topological polar surface area (TPSA) is 73.6 Å². The average Bonchev–Trinajstić information content (AvgIpc) is 2.21. The van der Waals surface area contributed by atoms with Crippen molar-refractivity contribution >= 4 is 5.97 Å². The summed E-state index contributed by atoms with van der Waals surface area (Å²) >= 11 is 0. The van der Waals surface area contributed by atoms with Crippen LogP contribution in [0.3, 0.4) is 0 Å². The lowest BCUT2D eigenvalue weighted by Crippen LogP contribution is -2.26. The van der Waals surface area contributed by atoms with Gasteiger partial charge in [-0.25, -0.2) is 10.2 Å². The highest BCUT2D eigenvalue weighted by atomic mass is 19.1. The van der Waals surface area contributed by atoms with Crippen molar-refractivity contribution < 1.29 is 18.8 Å². The van der Waals surface area contributed by atoms with Gasteiger partial charge in [0.25, 0.3) is 0 Å². The Morgan fingerprint density at radius 2 is 2.07 bits per heavy atom. The lowest BCUT2D eigenvalue weighted by atomic mass is 10.3. The number of carbonyl (C=O) groups excluding carboxylic acids is 1. The minimum Gasteiger partial charge on any atom is -0.493 e. The highest BCUT2D eigenvalue weighted by Crippen LogP contribution is 2.11. The van der Waals surface area contributed by atoms with E-state index in [1.807, 2.05) is 0 Å². The highest BCUT2D eigenvalue weighted by molar-refractivity contribution is 5.69. The molecule has 1 aromatic carbocycles. The molecule has 15 heavy (non-hydrogen) atoms. The van der Waals surface area contributed by atoms with Crippen LogP contribution in [0.1, 0.15) is 6.42 Å². The van der Waals surface area contributed by atoms with Gasteiger partial charge in [0.2, 0.25) is 0 Å². The van der Waals surface area contributed by atoms with Gasteiger partial charge in [-0.1, -0.05) is 5.59 Å². The van der Waals surface area contributed by atoms with Crippen molar-refractivity contribution in [3.63, 3.8) is 0 Å². The van der Waals surface area contributed by atoms with Crippen LogP contribution in [0.2, 0.25) is 0 Å². The molecule has 0 spiro atoms. The van der Waals surface area contributed by atoms with Gasteiger partial charge in [-0.05, 0) is 24.3 Å². The Kier molecular flexibility index (Phi) is 4.52. The molecular weight excluding hydrogens is 203 g/mol. The lowest BCUT2D eigenvalue weighted by molar-refractivity contribution is -0.151. The van der Waals surface area contributed by atoms with Crippen molar-refractivity contribution in [3.8, 4) is 5.75 Å². The van der Waals surface area contributed by atoms with E-state index in [1.54, 1.807) is 5.59 Å². The predicted molar refractivity (Wildman–Crippen MR) is 49.9 cm³/mol. The Bertz CT molecular complexity index is 316. The normalized spacial score (nSPS) is 9.73. The molecule has 0 fully saturated rings. The Morgan fingerprint density at radius 3 is 2.67 bits per heavy atom. The van der Waals surface area contributed by atoms with E-state index in [0.29, 0.717) is 5.75 Å². The molecule has 1 aromatic rings. The van der Waals surface area contributed by atoms with Gasteiger partial charge in [0.15, 0.2) is 0 Å². The van der Waals surface area contributed by atoms with E-state index in [4.69, 9.17) is 10.6 Å². The van der Waals surface area contributed by atoms with E-state index in [0.717, 1.165) is 0 Å². The highest BCUT2D eigenvalue weighted by Gasteiger charge is 2.02. The van der Waals surface area contributed by atoms with Crippen LogP contribution in [0, 0.1) is 5.82 Å². The molecule has 0 bridgehead atoms. The Balaban J connectivity index is 2.26. The van der Waals surface area contributed by atoms with Crippen LogP contribution in [0.25, 0.3) is 0 Å².